The molecule has 0 radical (unpaired) electrons. The average Bonchev–Trinajstić information content (AvgIpc) is 3.10. The van der Waals surface area contributed by atoms with Crippen molar-refractivity contribution in [2.75, 3.05) is 0 Å². The van der Waals surface area contributed by atoms with Gasteiger partial charge in [-0.15, -0.1) is 0 Å². The van der Waals surface area contributed by atoms with Crippen LogP contribution in [0, 0.1) is 33.1 Å². The molecule has 1 saturated carbocycles. The van der Waals surface area contributed by atoms with Crippen LogP contribution in [-0.4, -0.2) is 0 Å². The van der Waals surface area contributed by atoms with Crippen LogP contribution in [-0.2, 0) is 0 Å². The van der Waals surface area contributed by atoms with E-state index in [0.717, 1.165) is 11.8 Å². The first-order valence-corrected chi connectivity index (χ1v) is 7.86. The first kappa shape index (κ1) is 11.8. The highest BCUT2D eigenvalue weighted by molar-refractivity contribution is 5.62. The third-order valence-corrected chi connectivity index (χ3v) is 6.68. The van der Waals surface area contributed by atoms with Gasteiger partial charge in [-0.1, -0.05) is 25.0 Å². The van der Waals surface area contributed by atoms with Crippen molar-refractivity contribution >= 4 is 0 Å². The number of benzene rings is 1. The van der Waals surface area contributed by atoms with E-state index in [-0.39, 0.29) is 0 Å². The minimum Gasteiger partial charge on any atom is -0.0798 e. The van der Waals surface area contributed by atoms with Crippen LogP contribution >= 0.6 is 0 Å². The molecule has 0 aromatic heterocycles. The second kappa shape index (κ2) is 3.53. The molecule has 0 amide bonds. The Morgan fingerprint density at radius 1 is 0.737 bits per heavy atom. The Bertz CT molecular complexity index is 550. The number of hydrogen-bond donors (Lipinski definition) is 0. The second-order valence-electron chi connectivity index (χ2n) is 7.11. The Morgan fingerprint density at radius 3 is 1.58 bits per heavy atom. The largest absolute Gasteiger partial charge is 0.0798 e. The molecule has 4 rings (SSSR count). The van der Waals surface area contributed by atoms with Crippen LogP contribution in [0.15, 0.2) is 12.2 Å². The third kappa shape index (κ3) is 1.17. The van der Waals surface area contributed by atoms with Gasteiger partial charge in [0.15, 0.2) is 0 Å². The molecule has 0 nitrogen and oxygen atoms in total. The number of rotatable bonds is 0. The maximum Gasteiger partial charge on any atom is 0.00893 e. The minimum atomic E-state index is 0.581. The van der Waals surface area contributed by atoms with E-state index in [1.165, 1.54) is 36.8 Å². The van der Waals surface area contributed by atoms with Crippen molar-refractivity contribution in [3.63, 3.8) is 0 Å². The number of allylic oxidation sites excluding steroid dienone is 2. The fraction of sp³-hybridized carbons (Fsp3) is 0.579. The SMILES string of the molecule is Cc1c(C)c(C)c2c(c1C)[C@H]1C=C[C@@H]2C12CCCC2. The first-order valence-electron chi connectivity index (χ1n) is 7.86. The molecule has 0 saturated heterocycles. The topological polar surface area (TPSA) is 0 Å². The van der Waals surface area contributed by atoms with Crippen molar-refractivity contribution in [1.29, 1.82) is 0 Å². The summed E-state index contributed by atoms with van der Waals surface area (Å²) in [5.41, 5.74) is 10.3. The molecule has 0 aliphatic heterocycles. The normalized spacial score (nSPS) is 29.5. The minimum absolute atomic E-state index is 0.581. The van der Waals surface area contributed by atoms with Crippen LogP contribution in [0.4, 0.5) is 0 Å². The summed E-state index contributed by atoms with van der Waals surface area (Å²) in [6, 6.07) is 0. The van der Waals surface area contributed by atoms with Gasteiger partial charge in [-0.2, -0.15) is 0 Å². The number of fused-ring (bicyclic) bond motifs is 3. The molecule has 100 valence electrons. The highest BCUT2D eigenvalue weighted by atomic mass is 14.6. The molecule has 0 heteroatoms. The fourth-order valence-corrected chi connectivity index (χ4v) is 5.39. The highest BCUT2D eigenvalue weighted by Gasteiger charge is 2.56. The highest BCUT2D eigenvalue weighted by Crippen LogP contribution is 2.68. The molecular formula is C19H24. The van der Waals surface area contributed by atoms with Crippen LogP contribution in [0.3, 0.4) is 0 Å². The Labute approximate surface area is 116 Å². The smallest absolute Gasteiger partial charge is 0.00893 e. The van der Waals surface area contributed by atoms with Crippen molar-refractivity contribution < 1.29 is 0 Å². The van der Waals surface area contributed by atoms with Gasteiger partial charge < -0.3 is 0 Å². The van der Waals surface area contributed by atoms with Gasteiger partial charge in [0, 0.05) is 11.8 Å². The molecule has 0 unspecified atom stereocenters. The third-order valence-electron chi connectivity index (χ3n) is 6.68. The van der Waals surface area contributed by atoms with Gasteiger partial charge in [0.05, 0.1) is 0 Å². The summed E-state index contributed by atoms with van der Waals surface area (Å²) >= 11 is 0. The lowest BCUT2D eigenvalue weighted by Gasteiger charge is -2.30. The van der Waals surface area contributed by atoms with E-state index < -0.39 is 0 Å². The van der Waals surface area contributed by atoms with Crippen LogP contribution < -0.4 is 0 Å². The summed E-state index contributed by atoms with van der Waals surface area (Å²) in [6.45, 7) is 9.35. The number of hydrogen-bond acceptors (Lipinski definition) is 0. The molecule has 2 bridgehead atoms. The van der Waals surface area contributed by atoms with E-state index in [1.807, 2.05) is 0 Å². The van der Waals surface area contributed by atoms with Gasteiger partial charge in [0.25, 0.3) is 0 Å². The predicted octanol–water partition coefficient (Wildman–Crippen LogP) is 5.23. The summed E-state index contributed by atoms with van der Waals surface area (Å²) in [5.74, 6) is 1.46. The van der Waals surface area contributed by atoms with Crippen LogP contribution in [0.5, 0.6) is 0 Å². The van der Waals surface area contributed by atoms with Gasteiger partial charge in [-0.05, 0) is 79.3 Å². The van der Waals surface area contributed by atoms with Crippen molar-refractivity contribution in [1.82, 2.24) is 0 Å². The molecule has 2 atom stereocenters. The van der Waals surface area contributed by atoms with Crippen LogP contribution in [0.25, 0.3) is 0 Å². The summed E-state index contributed by atoms with van der Waals surface area (Å²) in [7, 11) is 0. The van der Waals surface area contributed by atoms with Gasteiger partial charge in [0.2, 0.25) is 0 Å². The van der Waals surface area contributed by atoms with Gasteiger partial charge in [-0.3, -0.25) is 0 Å². The Morgan fingerprint density at radius 2 is 1.16 bits per heavy atom. The second-order valence-corrected chi connectivity index (χ2v) is 7.11. The molecule has 1 aromatic carbocycles. The Kier molecular flexibility index (Phi) is 2.19. The summed E-state index contributed by atoms with van der Waals surface area (Å²) < 4.78 is 0. The van der Waals surface area contributed by atoms with Crippen LogP contribution in [0.1, 0.15) is 70.9 Å². The summed E-state index contributed by atoms with van der Waals surface area (Å²) in [5, 5.41) is 0. The van der Waals surface area contributed by atoms with E-state index in [1.54, 1.807) is 22.3 Å². The molecule has 1 aromatic rings. The molecule has 0 heterocycles. The van der Waals surface area contributed by atoms with Crippen molar-refractivity contribution in [3.8, 4) is 0 Å². The molecule has 0 N–H and O–H groups in total. The summed E-state index contributed by atoms with van der Waals surface area (Å²) in [4.78, 5) is 0. The van der Waals surface area contributed by atoms with E-state index in [9.17, 15) is 0 Å². The monoisotopic (exact) mass is 252 g/mol. The molecule has 3 aliphatic rings. The van der Waals surface area contributed by atoms with Gasteiger partial charge in [-0.25, -0.2) is 0 Å². The zero-order chi connectivity index (χ0) is 13.4. The van der Waals surface area contributed by atoms with Gasteiger partial charge in [0.1, 0.15) is 0 Å². The maximum absolute atomic E-state index is 2.54. The van der Waals surface area contributed by atoms with E-state index in [0.29, 0.717) is 5.41 Å². The lowest BCUT2D eigenvalue weighted by Crippen LogP contribution is -2.20. The van der Waals surface area contributed by atoms with E-state index >= 15 is 0 Å². The van der Waals surface area contributed by atoms with Crippen molar-refractivity contribution in [2.24, 2.45) is 5.41 Å². The Hall–Kier alpha value is -1.04. The molecule has 3 aliphatic carbocycles. The zero-order valence-electron chi connectivity index (χ0n) is 12.6. The van der Waals surface area contributed by atoms with Crippen LogP contribution in [0.2, 0.25) is 0 Å². The fourth-order valence-electron chi connectivity index (χ4n) is 5.39. The maximum atomic E-state index is 2.54. The van der Waals surface area contributed by atoms with Gasteiger partial charge >= 0.3 is 0 Å². The molecule has 1 fully saturated rings. The predicted molar refractivity (Wildman–Crippen MR) is 80.9 cm³/mol. The molecule has 1 spiro atoms. The first-order chi connectivity index (χ1) is 9.08. The Balaban J connectivity index is 2.02. The average molecular weight is 252 g/mol. The van der Waals surface area contributed by atoms with Crippen molar-refractivity contribution in [2.45, 2.75) is 65.2 Å². The lowest BCUT2D eigenvalue weighted by molar-refractivity contribution is 0.275. The molecular weight excluding hydrogens is 228 g/mol. The molecule has 19 heavy (non-hydrogen) atoms. The lowest BCUT2D eigenvalue weighted by atomic mass is 9.73. The summed E-state index contributed by atoms with van der Waals surface area (Å²) in [6.07, 6.45) is 10.9. The van der Waals surface area contributed by atoms with E-state index in [4.69, 9.17) is 0 Å². The van der Waals surface area contributed by atoms with E-state index in [2.05, 4.69) is 39.8 Å². The standard InChI is InChI=1S/C19H24/c1-11-12(2)14(4)18-16-8-7-15(17(18)13(11)3)19(16)9-5-6-10-19/h7-8,15-16H,5-6,9-10H2,1-4H3/t15-,16+. The van der Waals surface area contributed by atoms with Crippen molar-refractivity contribution in [3.05, 3.63) is 45.5 Å². The zero-order valence-corrected chi connectivity index (χ0v) is 12.6. The quantitative estimate of drug-likeness (QED) is 0.554.